The van der Waals surface area contributed by atoms with Crippen LogP contribution in [0.4, 0.5) is 0 Å². The predicted molar refractivity (Wildman–Crippen MR) is 172 cm³/mol. The van der Waals surface area contributed by atoms with Crippen LogP contribution in [-0.2, 0) is 0 Å². The molecule has 0 fully saturated rings. The van der Waals surface area contributed by atoms with E-state index in [9.17, 15) is 9.59 Å². The van der Waals surface area contributed by atoms with Gasteiger partial charge in [0.2, 0.25) is 0 Å². The maximum absolute atomic E-state index is 13.4. The number of ether oxygens (including phenoxy) is 1. The molecule has 0 unspecified atom stereocenters. The van der Waals surface area contributed by atoms with E-state index in [0.29, 0.717) is 32.4 Å². The molecule has 1 amide bonds. The number of hydrogen-bond acceptors (Lipinski definition) is 4. The van der Waals surface area contributed by atoms with Gasteiger partial charge in [0.15, 0.2) is 0 Å². The summed E-state index contributed by atoms with van der Waals surface area (Å²) >= 11 is 24.2. The SMILES string of the molecule is O=C(Oc1ccc(Br)cc1C=NNC(=O)c1[nH]c2c(I)cccc2c1-c1ccccc1Cl)c1ccc(Cl)cc1Cl. The molecule has 0 atom stereocenters. The molecule has 0 radical (unpaired) electrons. The normalized spacial score (nSPS) is 11.2. The summed E-state index contributed by atoms with van der Waals surface area (Å²) in [6.07, 6.45) is 1.39. The third-order valence-corrected chi connectivity index (χ3v) is 8.12. The van der Waals surface area contributed by atoms with Crippen LogP contribution in [0.25, 0.3) is 22.0 Å². The molecule has 4 aromatic carbocycles. The first kappa shape index (κ1) is 28.6. The number of para-hydroxylation sites is 1. The molecule has 0 aliphatic heterocycles. The molecule has 1 heterocycles. The first-order valence-electron chi connectivity index (χ1n) is 11.6. The van der Waals surface area contributed by atoms with E-state index in [2.05, 4.69) is 54.0 Å². The van der Waals surface area contributed by atoms with Gasteiger partial charge in [0.05, 0.1) is 22.3 Å². The van der Waals surface area contributed by atoms with Crippen molar-refractivity contribution in [3.63, 3.8) is 0 Å². The molecule has 0 aliphatic carbocycles. The minimum absolute atomic E-state index is 0.158. The average molecular weight is 768 g/mol. The van der Waals surface area contributed by atoms with Crippen LogP contribution in [0.5, 0.6) is 5.75 Å². The van der Waals surface area contributed by atoms with Crippen LogP contribution in [0.2, 0.25) is 15.1 Å². The maximum Gasteiger partial charge on any atom is 0.345 e. The summed E-state index contributed by atoms with van der Waals surface area (Å²) in [6.45, 7) is 0. The van der Waals surface area contributed by atoms with Crippen molar-refractivity contribution in [2.75, 3.05) is 0 Å². The lowest BCUT2D eigenvalue weighted by atomic mass is 10.0. The fourth-order valence-corrected chi connectivity index (χ4v) is 5.76. The van der Waals surface area contributed by atoms with Crippen molar-refractivity contribution in [1.82, 2.24) is 10.4 Å². The van der Waals surface area contributed by atoms with Gasteiger partial charge in [0.1, 0.15) is 11.4 Å². The predicted octanol–water partition coefficient (Wildman–Crippen LogP) is 9.15. The second-order valence-corrected chi connectivity index (χ2v) is 11.7. The van der Waals surface area contributed by atoms with E-state index < -0.39 is 11.9 Å². The number of aromatic nitrogens is 1. The summed E-state index contributed by atoms with van der Waals surface area (Å²) in [5.74, 6) is -0.923. The molecule has 11 heteroatoms. The van der Waals surface area contributed by atoms with Gasteiger partial charge in [0, 0.05) is 40.2 Å². The standard InChI is InChI=1S/C29H16BrCl3IN3O3/c30-16-8-11-24(40-29(39)19-10-9-17(31)13-22(19)33)15(12-16)14-35-37-28(38)27-25(18-4-1-2-6-21(18)32)20-5-3-7-23(34)26(20)36-27/h1-14,36H,(H,37,38). The van der Waals surface area contributed by atoms with Crippen molar-refractivity contribution in [3.05, 3.63) is 119 Å². The van der Waals surface area contributed by atoms with E-state index in [1.165, 1.54) is 18.3 Å². The number of benzene rings is 4. The molecule has 0 saturated heterocycles. The molecule has 5 rings (SSSR count). The number of hydrazone groups is 1. The van der Waals surface area contributed by atoms with Crippen LogP contribution in [0.1, 0.15) is 26.4 Å². The van der Waals surface area contributed by atoms with Gasteiger partial charge in [-0.3, -0.25) is 4.79 Å². The lowest BCUT2D eigenvalue weighted by Crippen LogP contribution is -2.19. The molecule has 0 bridgehead atoms. The molecule has 2 N–H and O–H groups in total. The maximum atomic E-state index is 13.4. The van der Waals surface area contributed by atoms with Crippen LogP contribution in [-0.4, -0.2) is 23.1 Å². The first-order valence-corrected chi connectivity index (χ1v) is 14.6. The van der Waals surface area contributed by atoms with Crippen LogP contribution in [0.3, 0.4) is 0 Å². The fraction of sp³-hybridized carbons (Fsp3) is 0. The van der Waals surface area contributed by atoms with E-state index in [-0.39, 0.29) is 16.3 Å². The van der Waals surface area contributed by atoms with Gasteiger partial charge in [-0.05, 0) is 71.1 Å². The zero-order chi connectivity index (χ0) is 28.4. The fourth-order valence-electron chi connectivity index (χ4n) is 4.04. The number of aromatic amines is 1. The van der Waals surface area contributed by atoms with Crippen molar-refractivity contribution in [2.24, 2.45) is 5.10 Å². The highest BCUT2D eigenvalue weighted by Crippen LogP contribution is 2.38. The number of esters is 1. The Morgan fingerprint density at radius 3 is 2.52 bits per heavy atom. The molecule has 1 aromatic heterocycles. The Morgan fingerprint density at radius 1 is 0.950 bits per heavy atom. The van der Waals surface area contributed by atoms with Crippen molar-refractivity contribution < 1.29 is 14.3 Å². The molecule has 200 valence electrons. The van der Waals surface area contributed by atoms with E-state index in [1.807, 2.05) is 36.4 Å². The van der Waals surface area contributed by atoms with E-state index in [4.69, 9.17) is 39.5 Å². The number of hydrogen-bond donors (Lipinski definition) is 2. The zero-order valence-corrected chi connectivity index (χ0v) is 26.2. The number of nitrogens with zero attached hydrogens (tertiary/aromatic N) is 1. The highest BCUT2D eigenvalue weighted by atomic mass is 127. The topological polar surface area (TPSA) is 83.5 Å². The number of carbonyl (C=O) groups excluding carboxylic acids is 2. The van der Waals surface area contributed by atoms with Crippen molar-refractivity contribution in [1.29, 1.82) is 0 Å². The number of H-pyrrole nitrogens is 1. The van der Waals surface area contributed by atoms with E-state index in [1.54, 1.807) is 30.3 Å². The van der Waals surface area contributed by atoms with Crippen LogP contribution in [0.15, 0.2) is 88.4 Å². The van der Waals surface area contributed by atoms with Crippen LogP contribution < -0.4 is 10.2 Å². The lowest BCUT2D eigenvalue weighted by Gasteiger charge is -2.09. The Bertz CT molecular complexity index is 1820. The van der Waals surface area contributed by atoms with Gasteiger partial charge >= 0.3 is 5.97 Å². The Morgan fingerprint density at radius 2 is 1.75 bits per heavy atom. The Labute approximate surface area is 265 Å². The molecule has 0 saturated carbocycles. The highest BCUT2D eigenvalue weighted by Gasteiger charge is 2.22. The first-order chi connectivity index (χ1) is 19.2. The van der Waals surface area contributed by atoms with Crippen LogP contribution in [0, 0.1) is 3.57 Å². The minimum atomic E-state index is -0.667. The molecule has 0 spiro atoms. The van der Waals surface area contributed by atoms with Gasteiger partial charge in [-0.15, -0.1) is 0 Å². The van der Waals surface area contributed by atoms with Gasteiger partial charge in [-0.2, -0.15) is 5.10 Å². The summed E-state index contributed by atoms with van der Waals surface area (Å²) in [5.41, 5.74) is 5.67. The molecular weight excluding hydrogens is 752 g/mol. The summed E-state index contributed by atoms with van der Waals surface area (Å²) in [4.78, 5) is 29.4. The zero-order valence-electron chi connectivity index (χ0n) is 20.1. The summed E-state index contributed by atoms with van der Waals surface area (Å²) < 4.78 is 7.25. The van der Waals surface area contributed by atoms with Gasteiger partial charge < -0.3 is 9.72 Å². The smallest absolute Gasteiger partial charge is 0.345 e. The third kappa shape index (κ3) is 6.06. The minimum Gasteiger partial charge on any atom is -0.422 e. The molecule has 5 aromatic rings. The highest BCUT2D eigenvalue weighted by molar-refractivity contribution is 14.1. The Kier molecular flexibility index (Phi) is 8.82. The Hall–Kier alpha value is -2.89. The van der Waals surface area contributed by atoms with Crippen molar-refractivity contribution in [2.45, 2.75) is 0 Å². The summed E-state index contributed by atoms with van der Waals surface area (Å²) in [5, 5.41) is 6.08. The molecule has 40 heavy (non-hydrogen) atoms. The Balaban J connectivity index is 1.44. The summed E-state index contributed by atoms with van der Waals surface area (Å²) in [6, 6.07) is 22.6. The number of carbonyl (C=O) groups is 2. The van der Waals surface area contributed by atoms with Crippen molar-refractivity contribution in [3.8, 4) is 16.9 Å². The monoisotopic (exact) mass is 765 g/mol. The summed E-state index contributed by atoms with van der Waals surface area (Å²) in [7, 11) is 0. The average Bonchev–Trinajstić information content (AvgIpc) is 3.31. The quantitative estimate of drug-likeness (QED) is 0.0595. The van der Waals surface area contributed by atoms with Crippen molar-refractivity contribution >= 4 is 102 Å². The second kappa shape index (κ2) is 12.3. The van der Waals surface area contributed by atoms with Gasteiger partial charge in [-0.1, -0.05) is 81.1 Å². The number of nitrogens with one attached hydrogen (secondary N) is 2. The largest absolute Gasteiger partial charge is 0.422 e. The third-order valence-electron chi connectivity index (χ3n) is 5.85. The number of fused-ring (bicyclic) bond motifs is 1. The van der Waals surface area contributed by atoms with E-state index >= 15 is 0 Å². The number of rotatable bonds is 6. The molecular formula is C29H16BrCl3IN3O3. The van der Waals surface area contributed by atoms with E-state index in [0.717, 1.165) is 18.9 Å². The molecule has 6 nitrogen and oxygen atoms in total. The van der Waals surface area contributed by atoms with Gasteiger partial charge in [0.25, 0.3) is 5.91 Å². The lowest BCUT2D eigenvalue weighted by molar-refractivity contribution is 0.0734. The second-order valence-electron chi connectivity index (χ2n) is 8.41. The number of halogens is 5. The van der Waals surface area contributed by atoms with Gasteiger partial charge in [-0.25, -0.2) is 10.2 Å². The molecule has 0 aliphatic rings. The number of amides is 1. The van der Waals surface area contributed by atoms with Crippen LogP contribution >= 0.6 is 73.3 Å².